The van der Waals surface area contributed by atoms with Crippen LogP contribution in [0.5, 0.6) is 0 Å². The molecule has 1 aliphatic heterocycles. The minimum absolute atomic E-state index is 0. The predicted molar refractivity (Wildman–Crippen MR) is 212 cm³/mol. The molecular weight excluding hydrogens is 843 g/mol. The molecule has 1 aliphatic rings. The van der Waals surface area contributed by atoms with Gasteiger partial charge < -0.3 is 30.9 Å². The van der Waals surface area contributed by atoms with Crippen molar-refractivity contribution in [1.82, 2.24) is 15.0 Å². The molecule has 300 valence electrons. The van der Waals surface area contributed by atoms with Crippen molar-refractivity contribution in [2.75, 3.05) is 52.5 Å². The van der Waals surface area contributed by atoms with E-state index in [0.29, 0.717) is 43.6 Å². The van der Waals surface area contributed by atoms with Crippen LogP contribution in [0.25, 0.3) is 0 Å². The van der Waals surface area contributed by atoms with Crippen molar-refractivity contribution in [2.45, 2.75) is 23.6 Å². The number of nitrogens with zero attached hydrogens (tertiary/aromatic N) is 8. The molecular formula is C35H34N12Na2O9S2+2. The molecule has 0 unspecified atom stereocenters. The van der Waals surface area contributed by atoms with E-state index in [9.17, 15) is 35.5 Å². The molecule has 0 saturated carbocycles. The first-order valence-corrected chi connectivity index (χ1v) is 19.9. The van der Waals surface area contributed by atoms with Gasteiger partial charge in [-0.1, -0.05) is 12.1 Å². The number of ether oxygens (including phenoxy) is 1. The molecule has 0 bridgehead atoms. The Kier molecular flexibility index (Phi) is 16.9. The van der Waals surface area contributed by atoms with E-state index in [0.717, 1.165) is 12.1 Å². The third kappa shape index (κ3) is 13.6. The van der Waals surface area contributed by atoms with Gasteiger partial charge in [0.1, 0.15) is 11.4 Å². The first-order valence-electron chi connectivity index (χ1n) is 17.0. The summed E-state index contributed by atoms with van der Waals surface area (Å²) in [4.78, 5) is 39.3. The molecule has 0 spiro atoms. The minimum atomic E-state index is -4.46. The van der Waals surface area contributed by atoms with E-state index in [-0.39, 0.29) is 115 Å². The molecule has 1 fully saturated rings. The smallest absolute Gasteiger partial charge is 0.378 e. The molecule has 25 heteroatoms. The SMILES string of the molecule is CC(=O)Nc1cc(Nc2nc(Nc3ccc(N=Nc4cccc(S(=O)(=O)O)c4)c(NC(C)=O)c3)nc(N3CCOCC3)n2)ccc1N=Nc1cccc(S(=O)(=O)O)c1.[Na+].[Na+]. The summed E-state index contributed by atoms with van der Waals surface area (Å²) in [5, 5.41) is 28.1. The van der Waals surface area contributed by atoms with E-state index in [1.54, 1.807) is 36.4 Å². The van der Waals surface area contributed by atoms with E-state index in [1.807, 2.05) is 4.90 Å². The fourth-order valence-corrected chi connectivity index (χ4v) is 6.30. The predicted octanol–water partition coefficient (Wildman–Crippen LogP) is 0.444. The van der Waals surface area contributed by atoms with Gasteiger partial charge in [0.25, 0.3) is 20.2 Å². The third-order valence-corrected chi connectivity index (χ3v) is 9.52. The number of morpholine rings is 1. The van der Waals surface area contributed by atoms with Crippen molar-refractivity contribution in [3.05, 3.63) is 84.9 Å². The number of hydrogen-bond acceptors (Lipinski definition) is 17. The average molecular weight is 877 g/mol. The van der Waals surface area contributed by atoms with E-state index < -0.39 is 32.1 Å². The summed E-state index contributed by atoms with van der Waals surface area (Å²) in [6, 6.07) is 20.0. The number of hydrogen-bond donors (Lipinski definition) is 6. The summed E-state index contributed by atoms with van der Waals surface area (Å²) < 4.78 is 70.5. The van der Waals surface area contributed by atoms with Crippen molar-refractivity contribution in [1.29, 1.82) is 0 Å². The van der Waals surface area contributed by atoms with Crippen molar-refractivity contribution in [2.24, 2.45) is 20.5 Å². The summed E-state index contributed by atoms with van der Waals surface area (Å²) >= 11 is 0. The van der Waals surface area contributed by atoms with Gasteiger partial charge in [-0.2, -0.15) is 42.0 Å². The van der Waals surface area contributed by atoms with Crippen molar-refractivity contribution in [3.8, 4) is 0 Å². The van der Waals surface area contributed by atoms with Crippen molar-refractivity contribution < 1.29 is 99.4 Å². The zero-order chi connectivity index (χ0) is 41.5. The number of benzene rings is 4. The first-order chi connectivity index (χ1) is 27.6. The number of aromatic nitrogens is 3. The Morgan fingerprint density at radius 2 is 1.07 bits per heavy atom. The van der Waals surface area contributed by atoms with Gasteiger partial charge in [-0.05, 0) is 72.8 Å². The summed E-state index contributed by atoms with van der Waals surface area (Å²) in [6.45, 7) is 4.53. The Bertz CT molecular complexity index is 2500. The summed E-state index contributed by atoms with van der Waals surface area (Å²) in [5.41, 5.74) is 2.11. The third-order valence-electron chi connectivity index (χ3n) is 7.82. The Morgan fingerprint density at radius 3 is 1.47 bits per heavy atom. The van der Waals surface area contributed by atoms with Crippen LogP contribution in [0, 0.1) is 0 Å². The molecule has 5 aromatic rings. The number of azo groups is 2. The maximum Gasteiger partial charge on any atom is 1.00 e. The number of carbonyl (C=O) groups excluding carboxylic acids is 2. The largest absolute Gasteiger partial charge is 1.00 e. The molecule has 4 aromatic carbocycles. The minimum Gasteiger partial charge on any atom is -0.378 e. The van der Waals surface area contributed by atoms with Crippen LogP contribution in [-0.4, -0.2) is 79.0 Å². The Balaban J connectivity index is 0.00000397. The summed E-state index contributed by atoms with van der Waals surface area (Å²) in [6.07, 6.45) is 0. The van der Waals surface area contributed by atoms with E-state index in [4.69, 9.17) is 4.74 Å². The van der Waals surface area contributed by atoms with Gasteiger partial charge in [-0.15, -0.1) is 10.2 Å². The van der Waals surface area contributed by atoms with Gasteiger partial charge in [0.15, 0.2) is 0 Å². The molecule has 6 N–H and O–H groups in total. The van der Waals surface area contributed by atoms with Crippen LogP contribution in [-0.2, 0) is 34.6 Å². The maximum absolute atomic E-state index is 12.1. The van der Waals surface area contributed by atoms with Crippen LogP contribution in [0.2, 0.25) is 0 Å². The zero-order valence-corrected chi connectivity index (χ0v) is 38.2. The molecule has 21 nitrogen and oxygen atoms in total. The van der Waals surface area contributed by atoms with Crippen LogP contribution in [0.3, 0.4) is 0 Å². The molecule has 1 saturated heterocycles. The standard InChI is InChI=1S/C35H34N12O9S2.2Na/c1-21(48)36-31-19-23(9-11-29(31)45-43-25-5-3-7-27(17-25)57(50,51)52)38-33-40-34(42-35(41-33)47-13-15-56-16-14-47)39-24-10-12-30(32(20-24)37-22(2)49)46-44-26-6-4-8-28(18-26)58(53,54)55;;/h3-12,17-20H,13-16H2,1-2H3,(H,36,48)(H,37,49)(H,50,51,52)(H,53,54,55)(H2,38,39,40,41,42);;/q;2*+1. The molecule has 1 aromatic heterocycles. The fourth-order valence-electron chi connectivity index (χ4n) is 5.26. The number of anilines is 7. The van der Waals surface area contributed by atoms with Crippen LogP contribution >= 0.6 is 0 Å². The second-order valence-electron chi connectivity index (χ2n) is 12.3. The van der Waals surface area contributed by atoms with Gasteiger partial charge >= 0.3 is 59.1 Å². The van der Waals surface area contributed by atoms with E-state index in [2.05, 4.69) is 56.7 Å². The average Bonchev–Trinajstić information content (AvgIpc) is 3.17. The Morgan fingerprint density at radius 1 is 0.633 bits per heavy atom. The normalized spacial score (nSPS) is 13.0. The fraction of sp³-hybridized carbons (Fsp3) is 0.171. The molecule has 2 amide bonds. The van der Waals surface area contributed by atoms with Crippen LogP contribution < -0.4 is 85.3 Å². The quantitative estimate of drug-likeness (QED) is 0.0532. The monoisotopic (exact) mass is 876 g/mol. The van der Waals surface area contributed by atoms with Gasteiger partial charge in [-0.3, -0.25) is 18.7 Å². The summed E-state index contributed by atoms with van der Waals surface area (Å²) in [5.74, 6) is -0.253. The first kappa shape index (κ1) is 47.9. The second kappa shape index (κ2) is 21.1. The van der Waals surface area contributed by atoms with E-state index >= 15 is 0 Å². The zero-order valence-electron chi connectivity index (χ0n) is 32.6. The Hall–Kier alpha value is -4.79. The van der Waals surface area contributed by atoms with Gasteiger partial charge in [-0.25, -0.2) is 0 Å². The van der Waals surface area contributed by atoms with Gasteiger partial charge in [0.2, 0.25) is 29.7 Å². The molecule has 0 radical (unpaired) electrons. The molecule has 0 atom stereocenters. The number of rotatable bonds is 13. The van der Waals surface area contributed by atoms with Crippen LogP contribution in [0.4, 0.5) is 63.3 Å². The maximum atomic E-state index is 12.1. The van der Waals surface area contributed by atoms with Crippen molar-refractivity contribution in [3.63, 3.8) is 0 Å². The van der Waals surface area contributed by atoms with E-state index in [1.165, 1.54) is 50.2 Å². The molecule has 2 heterocycles. The molecule has 6 rings (SSSR count). The van der Waals surface area contributed by atoms with Gasteiger partial charge in [0, 0.05) is 38.3 Å². The van der Waals surface area contributed by atoms with Crippen molar-refractivity contribution >= 4 is 95.4 Å². The number of amides is 2. The van der Waals surface area contributed by atoms with Crippen LogP contribution in [0.1, 0.15) is 13.8 Å². The molecule has 0 aliphatic carbocycles. The second-order valence-corrected chi connectivity index (χ2v) is 15.1. The number of carbonyl (C=O) groups is 2. The Labute approximate surface area is 388 Å². The topological polar surface area (TPSA) is 292 Å². The summed E-state index contributed by atoms with van der Waals surface area (Å²) in [7, 11) is -8.93. The molecule has 60 heavy (non-hydrogen) atoms. The van der Waals surface area contributed by atoms with Gasteiger partial charge in [0.05, 0.1) is 45.8 Å². The number of nitrogens with one attached hydrogen (secondary N) is 4. The van der Waals surface area contributed by atoms with Crippen LogP contribution in [0.15, 0.2) is 115 Å².